The van der Waals surface area contributed by atoms with Crippen LogP contribution in [0.3, 0.4) is 0 Å². The molecule has 0 amide bonds. The number of unbranched alkanes of at least 4 members (excludes halogenated alkanes) is 1. The van der Waals surface area contributed by atoms with Gasteiger partial charge in [0.2, 0.25) is 0 Å². The summed E-state index contributed by atoms with van der Waals surface area (Å²) in [6.07, 6.45) is 2.45. The minimum absolute atomic E-state index is 0.264. The van der Waals surface area contributed by atoms with Crippen molar-refractivity contribution in [2.75, 3.05) is 0 Å². The maximum atomic E-state index is 11.8. The van der Waals surface area contributed by atoms with Crippen molar-refractivity contribution < 1.29 is 13.0 Å². The van der Waals surface area contributed by atoms with Crippen LogP contribution in [0.15, 0.2) is 24.3 Å². The number of hydrogen-bond donors (Lipinski definition) is 1. The Morgan fingerprint density at radius 1 is 1.33 bits per heavy atom. The normalized spacial score (nSPS) is 11.3. The van der Waals surface area contributed by atoms with Crippen molar-refractivity contribution in [2.45, 2.75) is 43.7 Å². The van der Waals surface area contributed by atoms with Crippen LogP contribution in [-0.4, -0.2) is 38.0 Å². The first-order valence-electron chi connectivity index (χ1n) is 6.22. The zero-order valence-corrected chi connectivity index (χ0v) is 14.0. The van der Waals surface area contributed by atoms with E-state index in [1.54, 1.807) is 12.1 Å². The number of carbonyl (C=O) groups excluding carboxylic acids is 1. The molecule has 3 nitrogen and oxygen atoms in total. The standard InChI is InChI=1S/C10H12O3.C4H9.Sn/c1-10(2,13)9(12)7-3-5-8(11)6-4-7;1-3-4-2;/h3-6,11,13H,1-2H3;1,3-4H2,2H3;/q;;+1/p-1. The molecule has 1 N–H and O–H groups in total. The Bertz CT molecular complexity index is 379. The zero-order chi connectivity index (χ0) is 13.6. The van der Waals surface area contributed by atoms with Gasteiger partial charge in [0.1, 0.15) is 0 Å². The molecule has 98 valence electrons. The van der Waals surface area contributed by atoms with Gasteiger partial charge in [-0.1, -0.05) is 0 Å². The number of Topliss-reactive ketones (excluding diaryl/α,β-unsaturated/α-hetero) is 1. The van der Waals surface area contributed by atoms with E-state index in [9.17, 15) is 9.90 Å². The molecule has 0 bridgehead atoms. The van der Waals surface area contributed by atoms with Gasteiger partial charge in [0.25, 0.3) is 0 Å². The van der Waals surface area contributed by atoms with E-state index >= 15 is 0 Å². The van der Waals surface area contributed by atoms with Crippen LogP contribution in [0.25, 0.3) is 0 Å². The molecule has 18 heavy (non-hydrogen) atoms. The van der Waals surface area contributed by atoms with E-state index in [2.05, 4.69) is 6.92 Å². The number of benzene rings is 1. The summed E-state index contributed by atoms with van der Waals surface area (Å²) in [7, 11) is 0. The van der Waals surface area contributed by atoms with Gasteiger partial charge in [-0.05, 0) is 0 Å². The van der Waals surface area contributed by atoms with Crippen molar-refractivity contribution in [3.05, 3.63) is 29.8 Å². The summed E-state index contributed by atoms with van der Waals surface area (Å²) in [5, 5.41) is 9.64. The third kappa shape index (κ3) is 4.98. The van der Waals surface area contributed by atoms with E-state index in [0.717, 1.165) is 5.75 Å². The van der Waals surface area contributed by atoms with Gasteiger partial charge in [-0.2, -0.15) is 0 Å². The molecule has 1 aromatic rings. The SMILES string of the molecule is CCC[CH2][Sn][O]c1ccc(C(=O)C(C)(C)O)cc1. The molecule has 0 aliphatic carbocycles. The topological polar surface area (TPSA) is 46.5 Å². The second-order valence-electron chi connectivity index (χ2n) is 4.76. The maximum absolute atomic E-state index is 11.8. The summed E-state index contributed by atoms with van der Waals surface area (Å²) in [4.78, 5) is 11.8. The summed E-state index contributed by atoms with van der Waals surface area (Å²) in [6, 6.07) is 7.06. The number of aliphatic hydroxyl groups is 1. The van der Waals surface area contributed by atoms with E-state index in [-0.39, 0.29) is 5.78 Å². The number of ketones is 1. The van der Waals surface area contributed by atoms with Crippen LogP contribution in [0.1, 0.15) is 44.0 Å². The van der Waals surface area contributed by atoms with E-state index in [1.165, 1.54) is 31.1 Å². The molecule has 0 fully saturated rings. The van der Waals surface area contributed by atoms with Gasteiger partial charge in [-0.3, -0.25) is 0 Å². The Labute approximate surface area is 119 Å². The second-order valence-corrected chi connectivity index (χ2v) is 7.60. The summed E-state index contributed by atoms with van der Waals surface area (Å²) >= 11 is -0.758. The summed E-state index contributed by atoms with van der Waals surface area (Å²) in [6.45, 7) is 5.17. The predicted octanol–water partition coefficient (Wildman–Crippen LogP) is 2.86. The molecular weight excluding hydrogens is 335 g/mol. The predicted molar refractivity (Wildman–Crippen MR) is 73.2 cm³/mol. The first-order valence-corrected chi connectivity index (χ1v) is 9.40. The van der Waals surface area contributed by atoms with E-state index in [1.807, 2.05) is 12.1 Å². The fourth-order valence-corrected chi connectivity index (χ4v) is 3.99. The van der Waals surface area contributed by atoms with Gasteiger partial charge in [0, 0.05) is 0 Å². The average Bonchev–Trinajstić information content (AvgIpc) is 2.33. The van der Waals surface area contributed by atoms with Crippen LogP contribution in [0, 0.1) is 0 Å². The molecule has 1 rings (SSSR count). The van der Waals surface area contributed by atoms with E-state index in [4.69, 9.17) is 3.07 Å². The Morgan fingerprint density at radius 3 is 2.44 bits per heavy atom. The summed E-state index contributed by atoms with van der Waals surface area (Å²) in [5.74, 6) is 0.574. The monoisotopic (exact) mass is 356 g/mol. The molecule has 2 radical (unpaired) electrons. The van der Waals surface area contributed by atoms with Gasteiger partial charge in [-0.15, -0.1) is 0 Å². The van der Waals surface area contributed by atoms with E-state index < -0.39 is 27.2 Å². The Hall–Kier alpha value is -0.551. The third-order valence-corrected chi connectivity index (χ3v) is 5.17. The molecule has 0 unspecified atom stereocenters. The second kappa shape index (κ2) is 7.14. The molecule has 1 aromatic carbocycles. The molecule has 0 saturated heterocycles. The van der Waals surface area contributed by atoms with Gasteiger partial charge in [-0.25, -0.2) is 0 Å². The molecule has 0 aliphatic rings. The Balaban J connectivity index is 2.55. The van der Waals surface area contributed by atoms with Crippen LogP contribution < -0.4 is 3.07 Å². The number of carbonyl (C=O) groups is 1. The van der Waals surface area contributed by atoms with Crippen LogP contribution in [0.2, 0.25) is 4.44 Å². The van der Waals surface area contributed by atoms with E-state index in [0.29, 0.717) is 5.56 Å². The van der Waals surface area contributed by atoms with Crippen molar-refractivity contribution in [3.8, 4) is 5.75 Å². The van der Waals surface area contributed by atoms with Crippen molar-refractivity contribution >= 4 is 27.3 Å². The van der Waals surface area contributed by atoms with Gasteiger partial charge >= 0.3 is 120 Å². The van der Waals surface area contributed by atoms with Crippen LogP contribution in [-0.2, 0) is 0 Å². The van der Waals surface area contributed by atoms with Crippen molar-refractivity contribution in [1.82, 2.24) is 0 Å². The minimum atomic E-state index is -1.32. The zero-order valence-electron chi connectivity index (χ0n) is 11.2. The fraction of sp³-hybridized carbons (Fsp3) is 0.500. The Kier molecular flexibility index (Phi) is 6.15. The average molecular weight is 355 g/mol. The number of hydrogen-bond acceptors (Lipinski definition) is 3. The van der Waals surface area contributed by atoms with Crippen molar-refractivity contribution in [3.63, 3.8) is 0 Å². The first-order chi connectivity index (χ1) is 8.45. The first kappa shape index (κ1) is 15.5. The molecule has 0 aromatic heterocycles. The summed E-state index contributed by atoms with van der Waals surface area (Å²) in [5.41, 5.74) is -0.797. The van der Waals surface area contributed by atoms with Gasteiger partial charge in [0.05, 0.1) is 0 Å². The van der Waals surface area contributed by atoms with Gasteiger partial charge < -0.3 is 0 Å². The van der Waals surface area contributed by atoms with Crippen molar-refractivity contribution in [2.24, 2.45) is 0 Å². The van der Waals surface area contributed by atoms with Gasteiger partial charge in [0.15, 0.2) is 0 Å². The van der Waals surface area contributed by atoms with Crippen LogP contribution >= 0.6 is 0 Å². The molecule has 0 saturated carbocycles. The third-order valence-electron chi connectivity index (χ3n) is 2.49. The Morgan fingerprint density at radius 2 is 1.94 bits per heavy atom. The fourth-order valence-electron chi connectivity index (χ4n) is 1.41. The van der Waals surface area contributed by atoms with Crippen molar-refractivity contribution in [1.29, 1.82) is 0 Å². The molecule has 0 atom stereocenters. The molecule has 0 heterocycles. The summed E-state index contributed by atoms with van der Waals surface area (Å²) < 4.78 is 6.94. The molecule has 0 spiro atoms. The van der Waals surface area contributed by atoms with Crippen LogP contribution in [0.5, 0.6) is 5.75 Å². The molecular formula is C14H20O3Sn. The van der Waals surface area contributed by atoms with Crippen LogP contribution in [0.4, 0.5) is 0 Å². The molecule has 0 aliphatic heterocycles. The number of rotatable bonds is 7. The molecule has 4 heteroatoms. The quantitative estimate of drug-likeness (QED) is 0.465.